The number of carbonyl (C=O) groups is 20. The lowest BCUT2D eigenvalue weighted by atomic mass is 9.92. The van der Waals surface area contributed by atoms with Crippen LogP contribution in [-0.2, 0) is 95.9 Å². The zero-order valence-electron chi connectivity index (χ0n) is 77.7. The van der Waals surface area contributed by atoms with Crippen LogP contribution in [0.1, 0.15) is 263 Å². The Labute approximate surface area is 728 Å². The van der Waals surface area contributed by atoms with Gasteiger partial charge in [-0.25, -0.2) is 0 Å². The smallest absolute Gasteiger partial charge is 0.248 e. The number of primary amides is 2. The molecule has 0 aromatic heterocycles. The highest BCUT2D eigenvalue weighted by Gasteiger charge is 2.48. The Morgan fingerprint density at radius 2 is 0.766 bits per heavy atom. The van der Waals surface area contributed by atoms with Crippen molar-refractivity contribution in [1.29, 1.82) is 0 Å². The number of aliphatic hydroxyl groups is 1. The van der Waals surface area contributed by atoms with Gasteiger partial charge < -0.3 is 112 Å². The largest absolute Gasteiger partial charge is 0.394 e. The normalized spacial score (nSPS) is 16.5. The van der Waals surface area contributed by atoms with Gasteiger partial charge in [0.05, 0.1) is 25.7 Å². The van der Waals surface area contributed by atoms with Crippen LogP contribution >= 0.6 is 0 Å². The van der Waals surface area contributed by atoms with Gasteiger partial charge in [0.25, 0.3) is 0 Å². The monoisotopic (exact) mass is 1760 g/mol. The third-order valence-electron chi connectivity index (χ3n) is 21.7. The molecule has 1 heterocycles. The lowest BCUT2D eigenvalue weighted by Crippen LogP contribution is -2.67. The molecule has 12 atom stereocenters. The van der Waals surface area contributed by atoms with E-state index in [2.05, 4.69) is 90.4 Å². The van der Waals surface area contributed by atoms with E-state index >= 15 is 0 Å². The number of nitrogens with one attached hydrogen (secondary N) is 17. The van der Waals surface area contributed by atoms with Crippen molar-refractivity contribution in [3.63, 3.8) is 0 Å². The van der Waals surface area contributed by atoms with Crippen molar-refractivity contribution >= 4 is 118 Å². The second-order valence-electron chi connectivity index (χ2n) is 36.9. The summed E-state index contributed by atoms with van der Waals surface area (Å²) >= 11 is 0. The summed E-state index contributed by atoms with van der Waals surface area (Å²) in [5.41, 5.74) is -2.89. The molecule has 704 valence electrons. The molecule has 0 spiro atoms. The summed E-state index contributed by atoms with van der Waals surface area (Å²) in [5.74, 6) is -17.0. The molecule has 22 N–H and O–H groups in total. The molecule has 1 aliphatic rings. The predicted molar refractivity (Wildman–Crippen MR) is 459 cm³/mol. The van der Waals surface area contributed by atoms with Gasteiger partial charge in [-0.2, -0.15) is 0 Å². The lowest BCUT2D eigenvalue weighted by Gasteiger charge is -2.36. The number of amides is 20. The summed E-state index contributed by atoms with van der Waals surface area (Å²) in [6.45, 7) is 37.7. The highest BCUT2D eigenvalue weighted by atomic mass is 16.3. The molecular formula is C83H146N20O21. The number of likely N-dealkylation sites (tertiary alicyclic amines) is 1. The fourth-order valence-electron chi connectivity index (χ4n) is 12.9. The summed E-state index contributed by atoms with van der Waals surface area (Å²) < 4.78 is 0. The Morgan fingerprint density at radius 3 is 1.18 bits per heavy atom. The van der Waals surface area contributed by atoms with Gasteiger partial charge in [-0.1, -0.05) is 82.6 Å². The minimum absolute atomic E-state index is 0.0130. The maximum Gasteiger partial charge on any atom is 0.248 e. The zero-order chi connectivity index (χ0) is 96.1. The molecule has 20 amide bonds. The van der Waals surface area contributed by atoms with Gasteiger partial charge in [0.2, 0.25) is 118 Å². The van der Waals surface area contributed by atoms with Gasteiger partial charge >= 0.3 is 0 Å². The van der Waals surface area contributed by atoms with E-state index in [9.17, 15) is 101 Å². The van der Waals surface area contributed by atoms with E-state index in [1.807, 2.05) is 13.8 Å². The van der Waals surface area contributed by atoms with Crippen molar-refractivity contribution in [1.82, 2.24) is 95.3 Å². The number of hydrogen-bond acceptors (Lipinski definition) is 21. The summed E-state index contributed by atoms with van der Waals surface area (Å²) in [4.78, 5) is 274. The van der Waals surface area contributed by atoms with E-state index in [-0.39, 0.29) is 82.1 Å². The molecule has 1 aliphatic heterocycles. The van der Waals surface area contributed by atoms with Crippen molar-refractivity contribution in [2.45, 2.75) is 356 Å². The van der Waals surface area contributed by atoms with E-state index in [1.165, 1.54) is 116 Å². The van der Waals surface area contributed by atoms with E-state index < -0.39 is 249 Å². The van der Waals surface area contributed by atoms with Crippen molar-refractivity contribution in [3.8, 4) is 0 Å². The number of nitrogens with two attached hydrogens (primary N) is 2. The van der Waals surface area contributed by atoms with Crippen molar-refractivity contribution < 1.29 is 101 Å². The topological polar surface area (TPSA) is 621 Å². The lowest BCUT2D eigenvalue weighted by molar-refractivity contribution is -0.145. The Hall–Kier alpha value is -10.6. The highest BCUT2D eigenvalue weighted by molar-refractivity contribution is 6.04. The van der Waals surface area contributed by atoms with E-state index in [0.29, 0.717) is 12.8 Å². The number of carbonyl (C=O) groups excluding carboxylic acids is 20. The first-order chi connectivity index (χ1) is 56.8. The Bertz CT molecular complexity index is 3860. The number of nitrogens with zero attached hydrogens (tertiary/aromatic N) is 1. The van der Waals surface area contributed by atoms with Gasteiger partial charge in [-0.15, -0.1) is 0 Å². The SMILES string of the molecule is CC[C@H](C)[C@H](NC(=O)[C@@](C)(CC)NC(=O)[C@H](CCC(N)=O)NC(=O)[C@@](C)(CC)NC(=O)C(C)(C)NC(=O)[C@H](C)NC(=O)CNC(=O)C(C)(C)NC(C)=O)C(=O)NC(C)(C)C(=O)NCC(=O)N[C@@H](CC(C)C)C(=O)NC(C)(C)C(=O)N1CCC[C@H]1C(=O)N[C@@H](CC(C)C)C(=O)NC(C)(C)C(=O)N[C@](C)(CC)C(=O)N[C@@H](CCC(N)=O)C(=O)N[C@H](CO)CC(C)C. The van der Waals surface area contributed by atoms with E-state index in [0.717, 1.165) is 0 Å². The van der Waals surface area contributed by atoms with Crippen LogP contribution < -0.4 is 102 Å². The zero-order valence-corrected chi connectivity index (χ0v) is 77.7. The number of rotatable bonds is 52. The maximum absolute atomic E-state index is 14.6. The van der Waals surface area contributed by atoms with Crippen LogP contribution in [0.15, 0.2) is 0 Å². The molecule has 124 heavy (non-hydrogen) atoms. The third-order valence-corrected chi connectivity index (χ3v) is 21.7. The molecular weight excluding hydrogens is 1610 g/mol. The third kappa shape index (κ3) is 35.2. The fraction of sp³-hybridized carbons (Fsp3) is 0.759. The van der Waals surface area contributed by atoms with Crippen molar-refractivity contribution in [2.75, 3.05) is 26.2 Å². The molecule has 0 unspecified atom stereocenters. The van der Waals surface area contributed by atoms with Crippen LogP contribution in [0.5, 0.6) is 0 Å². The van der Waals surface area contributed by atoms with Gasteiger partial charge in [0.1, 0.15) is 86.6 Å². The quantitative estimate of drug-likeness (QED) is 0.0304. The molecule has 0 aliphatic carbocycles. The molecule has 0 bridgehead atoms. The van der Waals surface area contributed by atoms with Crippen molar-refractivity contribution in [2.24, 2.45) is 35.1 Å². The second kappa shape index (κ2) is 48.0. The maximum atomic E-state index is 14.6. The molecule has 1 rings (SSSR count). The molecule has 0 saturated carbocycles. The first-order valence-corrected chi connectivity index (χ1v) is 42.5. The Kier molecular flexibility index (Phi) is 43.1. The first-order valence-electron chi connectivity index (χ1n) is 42.5. The van der Waals surface area contributed by atoms with Crippen molar-refractivity contribution in [3.05, 3.63) is 0 Å². The minimum Gasteiger partial charge on any atom is -0.394 e. The predicted octanol–water partition coefficient (Wildman–Crippen LogP) is -2.32. The summed E-state index contributed by atoms with van der Waals surface area (Å²) in [7, 11) is 0. The summed E-state index contributed by atoms with van der Waals surface area (Å²) in [6.07, 6.45) is -0.264. The standard InChI is InChI=1S/C83H146N20O21/c1-27-47(11)60(94-74(123)81(24,28-2)100-63(112)52(34-36-57(85)107)93-73(122)83(26,30-4)101-70(119)78(18,19)96-61(110)48(12)88-58(108)41-86-68(117)76(14,15)95-49(13)105)67(116)99-77(16,17)69(118)87-42-59(109)90-53(39-45(7)8)64(113)98-80(22,23)75(124)103-37-31-32-55(103)66(115)91-54(40-46(9)10)65(114)97-79(20,21)71(120)102-82(25,29-3)72(121)92-51(33-35-56(84)106)62(111)89-50(43-104)38-44(5)6/h44-48,50-55,60,104H,27-43H2,1-26H3,(H2,84,106)(H2,85,107)(H,86,117)(H,87,118)(H,88,108)(H,89,111)(H,90,109)(H,91,115)(H,92,121)(H,93,122)(H,94,123)(H,95,105)(H,96,110)(H,97,114)(H,98,113)(H,99,116)(H,100,112)(H,101,119)(H,102,120)/t47-,48-,50-,51-,52-,53-,54-,55-,60-,81+,82+,83+/m0/s1. The highest BCUT2D eigenvalue weighted by Crippen LogP contribution is 2.25. The fourth-order valence-corrected chi connectivity index (χ4v) is 12.9. The number of aliphatic hydroxyl groups excluding tert-OH is 1. The summed E-state index contributed by atoms with van der Waals surface area (Å²) in [5, 5.41) is 54.0. The first kappa shape index (κ1) is 111. The Morgan fingerprint density at radius 1 is 0.395 bits per heavy atom. The van der Waals surface area contributed by atoms with Crippen LogP contribution in [0.4, 0.5) is 0 Å². The molecule has 41 heteroatoms. The molecule has 0 radical (unpaired) electrons. The molecule has 1 saturated heterocycles. The van der Waals surface area contributed by atoms with Gasteiger partial charge in [-0.05, 0) is 185 Å². The second-order valence-corrected chi connectivity index (χ2v) is 36.9. The Balaban J connectivity index is 3.30. The van der Waals surface area contributed by atoms with E-state index in [1.54, 1.807) is 55.4 Å². The van der Waals surface area contributed by atoms with Gasteiger partial charge in [0, 0.05) is 26.3 Å². The number of hydrogen-bond donors (Lipinski definition) is 20. The van der Waals surface area contributed by atoms with Gasteiger partial charge in [0.15, 0.2) is 0 Å². The van der Waals surface area contributed by atoms with Gasteiger partial charge in [-0.3, -0.25) is 95.9 Å². The van der Waals surface area contributed by atoms with Crippen LogP contribution in [0.25, 0.3) is 0 Å². The van der Waals surface area contributed by atoms with Crippen LogP contribution in [-0.4, -0.2) is 247 Å². The molecule has 1 fully saturated rings. The molecule has 41 nitrogen and oxygen atoms in total. The average molecular weight is 1760 g/mol. The van der Waals surface area contributed by atoms with Crippen LogP contribution in [0.2, 0.25) is 0 Å². The summed E-state index contributed by atoms with van der Waals surface area (Å²) in [6, 6.07) is -9.87. The van der Waals surface area contributed by atoms with Crippen LogP contribution in [0.3, 0.4) is 0 Å². The molecule has 0 aromatic rings. The van der Waals surface area contributed by atoms with E-state index in [4.69, 9.17) is 11.5 Å². The van der Waals surface area contributed by atoms with Crippen LogP contribution in [0, 0.1) is 23.7 Å². The average Bonchev–Trinajstić information content (AvgIpc) is 1.56. The minimum atomic E-state index is -1.85. The molecule has 0 aromatic carbocycles.